The highest BCUT2D eigenvalue weighted by Gasteiger charge is 2.19. The van der Waals surface area contributed by atoms with Gasteiger partial charge in [0.1, 0.15) is 11.6 Å². The van der Waals surface area contributed by atoms with Gasteiger partial charge in [0, 0.05) is 26.1 Å². The van der Waals surface area contributed by atoms with Crippen LogP contribution in [0.2, 0.25) is 0 Å². The van der Waals surface area contributed by atoms with E-state index in [0.29, 0.717) is 18.7 Å². The molecule has 0 spiro atoms. The molecule has 1 atom stereocenters. The Labute approximate surface area is 87.2 Å². The van der Waals surface area contributed by atoms with Gasteiger partial charge < -0.3 is 4.90 Å². The number of aliphatic imine (C=N–C) groups is 1. The largest absolute Gasteiger partial charge is 0.365 e. The molecule has 1 unspecified atom stereocenters. The van der Waals surface area contributed by atoms with Crippen molar-refractivity contribution < 1.29 is 8.78 Å². The fourth-order valence-electron chi connectivity index (χ4n) is 1.79. The van der Waals surface area contributed by atoms with Crippen LogP contribution in [0.15, 0.2) is 23.2 Å². The molecule has 0 saturated heterocycles. The predicted molar refractivity (Wildman–Crippen MR) is 55.1 cm³/mol. The molecule has 0 saturated carbocycles. The second-order valence-electron chi connectivity index (χ2n) is 3.78. The summed E-state index contributed by atoms with van der Waals surface area (Å²) in [4.78, 5) is 5.97. The Morgan fingerprint density at radius 2 is 2.20 bits per heavy atom. The zero-order valence-electron chi connectivity index (χ0n) is 8.45. The summed E-state index contributed by atoms with van der Waals surface area (Å²) in [6, 6.07) is 3.56. The van der Waals surface area contributed by atoms with E-state index in [1.807, 2.05) is 11.9 Å². The van der Waals surface area contributed by atoms with Crippen molar-refractivity contribution in [3.05, 3.63) is 35.4 Å². The third-order valence-corrected chi connectivity index (χ3v) is 2.51. The molecule has 1 heterocycles. The lowest BCUT2D eigenvalue weighted by Crippen LogP contribution is -2.29. The van der Waals surface area contributed by atoms with Crippen molar-refractivity contribution in [2.24, 2.45) is 4.99 Å². The van der Waals surface area contributed by atoms with Crippen LogP contribution >= 0.6 is 0 Å². The van der Waals surface area contributed by atoms with Gasteiger partial charge in [0.25, 0.3) is 0 Å². The molecule has 2 rings (SSSR count). The predicted octanol–water partition coefficient (Wildman–Crippen LogP) is 2.02. The summed E-state index contributed by atoms with van der Waals surface area (Å²) in [7, 11) is 1.87. The van der Waals surface area contributed by atoms with Gasteiger partial charge in [0.2, 0.25) is 0 Å². The van der Waals surface area contributed by atoms with Crippen LogP contribution in [0.25, 0.3) is 0 Å². The molecule has 4 heteroatoms. The monoisotopic (exact) mass is 210 g/mol. The molecular weight excluding hydrogens is 198 g/mol. The number of halogens is 2. The standard InChI is InChI=1S/C11H12F2N2/c1-15-6-8(5-14-7-15)10-4-9(12)2-3-11(10)13/h2-4,7-8H,5-6H2,1H3. The third kappa shape index (κ3) is 2.14. The van der Waals surface area contributed by atoms with Crippen molar-refractivity contribution in [3.8, 4) is 0 Å². The highest BCUT2D eigenvalue weighted by Crippen LogP contribution is 2.23. The molecular formula is C11H12F2N2. The zero-order valence-corrected chi connectivity index (χ0v) is 8.45. The Kier molecular flexibility index (Phi) is 2.66. The number of hydrogen-bond donors (Lipinski definition) is 0. The minimum absolute atomic E-state index is 0.0595. The number of benzene rings is 1. The van der Waals surface area contributed by atoms with Crippen molar-refractivity contribution in [2.45, 2.75) is 5.92 Å². The zero-order chi connectivity index (χ0) is 10.8. The molecule has 0 amide bonds. The molecule has 0 N–H and O–H groups in total. The van der Waals surface area contributed by atoms with E-state index in [4.69, 9.17) is 0 Å². The highest BCUT2D eigenvalue weighted by molar-refractivity contribution is 5.56. The van der Waals surface area contributed by atoms with Gasteiger partial charge in [-0.15, -0.1) is 0 Å². The van der Waals surface area contributed by atoms with Gasteiger partial charge in [-0.1, -0.05) is 0 Å². The van der Waals surface area contributed by atoms with E-state index in [1.54, 1.807) is 6.34 Å². The van der Waals surface area contributed by atoms with Crippen molar-refractivity contribution in [3.63, 3.8) is 0 Å². The van der Waals surface area contributed by atoms with Gasteiger partial charge in [-0.2, -0.15) is 0 Å². The van der Waals surface area contributed by atoms with E-state index in [0.717, 1.165) is 6.07 Å². The van der Waals surface area contributed by atoms with Gasteiger partial charge in [0.05, 0.1) is 6.34 Å². The van der Waals surface area contributed by atoms with Crippen LogP contribution in [0.3, 0.4) is 0 Å². The normalized spacial score (nSPS) is 20.7. The lowest BCUT2D eigenvalue weighted by atomic mass is 9.97. The fourth-order valence-corrected chi connectivity index (χ4v) is 1.79. The SMILES string of the molecule is CN1C=NCC(c2cc(F)ccc2F)C1. The summed E-state index contributed by atoms with van der Waals surface area (Å²) < 4.78 is 26.4. The van der Waals surface area contributed by atoms with E-state index < -0.39 is 5.82 Å². The molecule has 1 aliphatic heterocycles. The first-order valence-electron chi connectivity index (χ1n) is 4.82. The van der Waals surface area contributed by atoms with Crippen LogP contribution in [-0.4, -0.2) is 31.4 Å². The van der Waals surface area contributed by atoms with Crippen LogP contribution in [0.4, 0.5) is 8.78 Å². The first-order chi connectivity index (χ1) is 7.16. The summed E-state index contributed by atoms with van der Waals surface area (Å²) >= 11 is 0. The van der Waals surface area contributed by atoms with Crippen LogP contribution in [0, 0.1) is 11.6 Å². The van der Waals surface area contributed by atoms with E-state index in [-0.39, 0.29) is 11.7 Å². The average molecular weight is 210 g/mol. The Morgan fingerprint density at radius 3 is 2.93 bits per heavy atom. The Bertz CT molecular complexity index is 390. The van der Waals surface area contributed by atoms with Gasteiger partial charge >= 0.3 is 0 Å². The average Bonchev–Trinajstić information content (AvgIpc) is 2.22. The minimum atomic E-state index is -0.399. The van der Waals surface area contributed by atoms with Gasteiger partial charge in [0.15, 0.2) is 0 Å². The molecule has 1 aromatic rings. The third-order valence-electron chi connectivity index (χ3n) is 2.51. The maximum atomic E-state index is 13.4. The summed E-state index contributed by atoms with van der Waals surface area (Å²) in [5, 5.41) is 0. The van der Waals surface area contributed by atoms with Crippen LogP contribution < -0.4 is 0 Å². The fraction of sp³-hybridized carbons (Fsp3) is 0.364. The topological polar surface area (TPSA) is 15.6 Å². The summed E-state index contributed by atoms with van der Waals surface area (Å²) in [5.74, 6) is -0.814. The number of rotatable bonds is 1. The van der Waals surface area contributed by atoms with E-state index in [1.165, 1.54) is 12.1 Å². The maximum absolute atomic E-state index is 13.4. The van der Waals surface area contributed by atoms with E-state index in [2.05, 4.69) is 4.99 Å². The smallest absolute Gasteiger partial charge is 0.127 e. The molecule has 0 aliphatic carbocycles. The van der Waals surface area contributed by atoms with Crippen LogP contribution in [-0.2, 0) is 0 Å². The van der Waals surface area contributed by atoms with Gasteiger partial charge in [-0.25, -0.2) is 8.78 Å². The van der Waals surface area contributed by atoms with E-state index in [9.17, 15) is 8.78 Å². The Hall–Kier alpha value is -1.45. The van der Waals surface area contributed by atoms with Gasteiger partial charge in [-0.3, -0.25) is 4.99 Å². The Morgan fingerprint density at radius 1 is 1.40 bits per heavy atom. The molecule has 0 radical (unpaired) electrons. The van der Waals surface area contributed by atoms with Gasteiger partial charge in [-0.05, 0) is 23.8 Å². The number of nitrogens with zero attached hydrogens (tertiary/aromatic N) is 2. The lowest BCUT2D eigenvalue weighted by molar-refractivity contribution is 0.427. The molecule has 1 aliphatic rings. The van der Waals surface area contributed by atoms with Crippen molar-refractivity contribution in [1.29, 1.82) is 0 Å². The molecule has 80 valence electrons. The van der Waals surface area contributed by atoms with Crippen LogP contribution in [0.1, 0.15) is 11.5 Å². The highest BCUT2D eigenvalue weighted by atomic mass is 19.1. The van der Waals surface area contributed by atoms with Crippen molar-refractivity contribution >= 4 is 6.34 Å². The number of hydrogen-bond acceptors (Lipinski definition) is 2. The maximum Gasteiger partial charge on any atom is 0.127 e. The second kappa shape index (κ2) is 3.96. The molecule has 1 aromatic carbocycles. The first-order valence-corrected chi connectivity index (χ1v) is 4.82. The summed E-state index contributed by atoms with van der Waals surface area (Å²) in [5.41, 5.74) is 0.415. The molecule has 0 fully saturated rings. The first kappa shape index (κ1) is 10.1. The lowest BCUT2D eigenvalue weighted by Gasteiger charge is -2.25. The number of likely N-dealkylation sites (N-methyl/N-ethyl adjacent to an activating group) is 1. The summed E-state index contributed by atoms with van der Waals surface area (Å²) in [6.07, 6.45) is 1.72. The molecule has 0 aromatic heterocycles. The van der Waals surface area contributed by atoms with Crippen LogP contribution in [0.5, 0.6) is 0 Å². The second-order valence-corrected chi connectivity index (χ2v) is 3.78. The molecule has 2 nitrogen and oxygen atoms in total. The molecule has 15 heavy (non-hydrogen) atoms. The Balaban J connectivity index is 2.29. The van der Waals surface area contributed by atoms with Crippen molar-refractivity contribution in [1.82, 2.24) is 4.90 Å². The van der Waals surface area contributed by atoms with Crippen molar-refractivity contribution in [2.75, 3.05) is 20.1 Å². The molecule has 0 bridgehead atoms. The quantitative estimate of drug-likeness (QED) is 0.692. The van der Waals surface area contributed by atoms with E-state index >= 15 is 0 Å². The summed E-state index contributed by atoms with van der Waals surface area (Å²) in [6.45, 7) is 1.19. The minimum Gasteiger partial charge on any atom is -0.365 e.